The third-order valence-electron chi connectivity index (χ3n) is 3.20. The summed E-state index contributed by atoms with van der Waals surface area (Å²) in [5, 5.41) is 8.98. The summed E-state index contributed by atoms with van der Waals surface area (Å²) in [7, 11) is 0. The average molecular weight is 213 g/mol. The molecule has 1 aliphatic rings. The molecule has 3 heteroatoms. The van der Waals surface area contributed by atoms with Crippen LogP contribution in [0.2, 0.25) is 0 Å². The van der Waals surface area contributed by atoms with Gasteiger partial charge in [0.05, 0.1) is 0 Å². The maximum Gasteiger partial charge on any atom is 0.320 e. The third-order valence-corrected chi connectivity index (χ3v) is 3.20. The van der Waals surface area contributed by atoms with Crippen LogP contribution in [0, 0.1) is 0 Å². The number of rotatable bonds is 7. The number of aliphatic carboxylic acids is 1. The molecular weight excluding hydrogens is 190 g/mol. The van der Waals surface area contributed by atoms with Crippen LogP contribution < -0.4 is 0 Å². The van der Waals surface area contributed by atoms with Gasteiger partial charge in [-0.15, -0.1) is 0 Å². The smallest absolute Gasteiger partial charge is 0.320 e. The molecule has 0 radical (unpaired) electrons. The van der Waals surface area contributed by atoms with Gasteiger partial charge < -0.3 is 5.11 Å². The number of unbranched alkanes of at least 4 members (excludes halogenated alkanes) is 4. The molecule has 15 heavy (non-hydrogen) atoms. The lowest BCUT2D eigenvalue weighted by molar-refractivity contribution is -0.142. The van der Waals surface area contributed by atoms with Gasteiger partial charge in [0.2, 0.25) is 0 Å². The number of nitrogens with zero attached hydrogens (tertiary/aromatic N) is 1. The zero-order chi connectivity index (χ0) is 11.1. The van der Waals surface area contributed by atoms with Crippen LogP contribution >= 0.6 is 0 Å². The summed E-state index contributed by atoms with van der Waals surface area (Å²) in [4.78, 5) is 13.0. The number of hydrogen-bond donors (Lipinski definition) is 1. The van der Waals surface area contributed by atoms with E-state index in [1.165, 1.54) is 25.7 Å². The van der Waals surface area contributed by atoms with Gasteiger partial charge in [-0.25, -0.2) is 0 Å². The molecule has 0 aliphatic carbocycles. The second-order valence-electron chi connectivity index (χ2n) is 4.45. The number of carboxylic acids is 1. The number of hydrogen-bond acceptors (Lipinski definition) is 2. The molecule has 88 valence electrons. The minimum atomic E-state index is -0.638. The normalized spacial score (nSPS) is 22.1. The van der Waals surface area contributed by atoms with Gasteiger partial charge in [-0.05, 0) is 32.4 Å². The molecule has 1 fully saturated rings. The summed E-state index contributed by atoms with van der Waals surface area (Å²) in [6.45, 7) is 4.16. The first kappa shape index (κ1) is 12.5. The highest BCUT2D eigenvalue weighted by Crippen LogP contribution is 2.18. The summed E-state index contributed by atoms with van der Waals surface area (Å²) in [6.07, 6.45) is 8.16. The first-order chi connectivity index (χ1) is 7.25. The lowest BCUT2D eigenvalue weighted by atomic mass is 10.1. The van der Waals surface area contributed by atoms with Crippen LogP contribution in [0.4, 0.5) is 0 Å². The summed E-state index contributed by atoms with van der Waals surface area (Å²) in [5.74, 6) is -0.638. The predicted molar refractivity (Wildman–Crippen MR) is 61.0 cm³/mol. The van der Waals surface area contributed by atoms with Crippen LogP contribution in [-0.2, 0) is 4.79 Å². The molecule has 0 aromatic heterocycles. The Labute approximate surface area is 92.5 Å². The van der Waals surface area contributed by atoms with Gasteiger partial charge in [-0.1, -0.05) is 32.6 Å². The van der Waals surface area contributed by atoms with Crippen LogP contribution in [0.1, 0.15) is 51.9 Å². The Hall–Kier alpha value is -0.570. The van der Waals surface area contributed by atoms with Crippen LogP contribution in [0.25, 0.3) is 0 Å². The predicted octanol–water partition coefficient (Wildman–Crippen LogP) is 2.51. The van der Waals surface area contributed by atoms with Gasteiger partial charge in [0.25, 0.3) is 0 Å². The second kappa shape index (κ2) is 6.83. The molecule has 1 atom stereocenters. The van der Waals surface area contributed by atoms with Gasteiger partial charge in [0, 0.05) is 0 Å². The molecule has 0 spiro atoms. The average Bonchev–Trinajstić information content (AvgIpc) is 2.66. The van der Waals surface area contributed by atoms with Crippen molar-refractivity contribution in [2.24, 2.45) is 0 Å². The van der Waals surface area contributed by atoms with Crippen molar-refractivity contribution < 1.29 is 9.90 Å². The Kier molecular flexibility index (Phi) is 5.69. The molecule has 0 saturated carbocycles. The van der Waals surface area contributed by atoms with Crippen molar-refractivity contribution in [1.82, 2.24) is 4.90 Å². The van der Waals surface area contributed by atoms with Gasteiger partial charge >= 0.3 is 5.97 Å². The van der Waals surface area contributed by atoms with Gasteiger partial charge in [-0.2, -0.15) is 0 Å². The fourth-order valence-corrected chi connectivity index (χ4v) is 2.29. The molecule has 1 N–H and O–H groups in total. The van der Waals surface area contributed by atoms with Gasteiger partial charge in [0.15, 0.2) is 0 Å². The van der Waals surface area contributed by atoms with E-state index in [2.05, 4.69) is 11.8 Å². The van der Waals surface area contributed by atoms with E-state index >= 15 is 0 Å². The molecule has 1 rings (SSSR count). The SMILES string of the molecule is CCCCCCCN1CCCC1C(=O)O. The van der Waals surface area contributed by atoms with Crippen molar-refractivity contribution in [1.29, 1.82) is 0 Å². The number of likely N-dealkylation sites (tertiary alicyclic amines) is 1. The summed E-state index contributed by atoms with van der Waals surface area (Å²) < 4.78 is 0. The van der Waals surface area contributed by atoms with Crippen LogP contribution in [0.15, 0.2) is 0 Å². The van der Waals surface area contributed by atoms with Gasteiger partial charge in [-0.3, -0.25) is 9.69 Å². The molecule has 0 bridgehead atoms. The molecule has 1 heterocycles. The third kappa shape index (κ3) is 4.20. The topological polar surface area (TPSA) is 40.5 Å². The fraction of sp³-hybridized carbons (Fsp3) is 0.917. The van der Waals surface area contributed by atoms with E-state index in [0.717, 1.165) is 32.4 Å². The minimum absolute atomic E-state index is 0.198. The van der Waals surface area contributed by atoms with E-state index < -0.39 is 5.97 Å². The molecular formula is C12H23NO2. The summed E-state index contributed by atoms with van der Waals surface area (Å²) in [6, 6.07) is -0.198. The molecule has 0 aromatic carbocycles. The van der Waals surface area contributed by atoms with Crippen molar-refractivity contribution in [3.63, 3.8) is 0 Å². The standard InChI is InChI=1S/C12H23NO2/c1-2-3-4-5-6-9-13-10-7-8-11(13)12(14)15/h11H,2-10H2,1H3,(H,14,15). The number of carbonyl (C=O) groups is 1. The van der Waals surface area contributed by atoms with E-state index in [1.807, 2.05) is 0 Å². The van der Waals surface area contributed by atoms with Crippen molar-refractivity contribution in [3.05, 3.63) is 0 Å². The Morgan fingerprint density at radius 1 is 1.33 bits per heavy atom. The monoisotopic (exact) mass is 213 g/mol. The fourth-order valence-electron chi connectivity index (χ4n) is 2.29. The lowest BCUT2D eigenvalue weighted by Crippen LogP contribution is -2.36. The highest BCUT2D eigenvalue weighted by atomic mass is 16.4. The maximum absolute atomic E-state index is 10.9. The van der Waals surface area contributed by atoms with Crippen LogP contribution in [0.5, 0.6) is 0 Å². The Morgan fingerprint density at radius 3 is 2.73 bits per heavy atom. The Bertz CT molecular complexity index is 194. The van der Waals surface area contributed by atoms with E-state index in [-0.39, 0.29) is 6.04 Å². The van der Waals surface area contributed by atoms with E-state index in [1.54, 1.807) is 0 Å². The molecule has 1 saturated heterocycles. The summed E-state index contributed by atoms with van der Waals surface area (Å²) >= 11 is 0. The minimum Gasteiger partial charge on any atom is -0.480 e. The van der Waals surface area contributed by atoms with E-state index in [4.69, 9.17) is 5.11 Å². The number of carboxylic acid groups (broad SMARTS) is 1. The van der Waals surface area contributed by atoms with E-state index in [9.17, 15) is 4.79 Å². The Balaban J connectivity index is 2.12. The van der Waals surface area contributed by atoms with E-state index in [0.29, 0.717) is 0 Å². The first-order valence-electron chi connectivity index (χ1n) is 6.22. The summed E-state index contributed by atoms with van der Waals surface area (Å²) in [5.41, 5.74) is 0. The second-order valence-corrected chi connectivity index (χ2v) is 4.45. The molecule has 0 amide bonds. The molecule has 3 nitrogen and oxygen atoms in total. The van der Waals surface area contributed by atoms with Crippen molar-refractivity contribution in [2.45, 2.75) is 57.9 Å². The van der Waals surface area contributed by atoms with Crippen molar-refractivity contribution in [2.75, 3.05) is 13.1 Å². The van der Waals surface area contributed by atoms with Crippen LogP contribution in [0.3, 0.4) is 0 Å². The van der Waals surface area contributed by atoms with Crippen molar-refractivity contribution in [3.8, 4) is 0 Å². The van der Waals surface area contributed by atoms with Crippen LogP contribution in [-0.4, -0.2) is 35.1 Å². The maximum atomic E-state index is 10.9. The molecule has 0 aromatic rings. The molecule has 1 aliphatic heterocycles. The molecule has 1 unspecified atom stereocenters. The zero-order valence-electron chi connectivity index (χ0n) is 9.74. The first-order valence-corrected chi connectivity index (χ1v) is 6.22. The quantitative estimate of drug-likeness (QED) is 0.661. The Morgan fingerprint density at radius 2 is 2.07 bits per heavy atom. The van der Waals surface area contributed by atoms with Crippen molar-refractivity contribution >= 4 is 5.97 Å². The largest absolute Gasteiger partial charge is 0.480 e. The van der Waals surface area contributed by atoms with Gasteiger partial charge in [0.1, 0.15) is 6.04 Å². The highest BCUT2D eigenvalue weighted by Gasteiger charge is 2.29. The lowest BCUT2D eigenvalue weighted by Gasteiger charge is -2.20. The zero-order valence-corrected chi connectivity index (χ0v) is 9.74. The highest BCUT2D eigenvalue weighted by molar-refractivity contribution is 5.73.